The highest BCUT2D eigenvalue weighted by molar-refractivity contribution is 7.17. The second kappa shape index (κ2) is 7.90. The van der Waals surface area contributed by atoms with Gasteiger partial charge in [-0.3, -0.25) is 0 Å². The highest BCUT2D eigenvalue weighted by Crippen LogP contribution is 2.34. The molecule has 3 aromatic rings. The molecule has 4 rings (SSSR count). The van der Waals surface area contributed by atoms with E-state index >= 15 is 0 Å². The number of para-hydroxylation sites is 2. The first-order chi connectivity index (χ1) is 13.7. The van der Waals surface area contributed by atoms with Crippen LogP contribution in [-0.4, -0.2) is 49.3 Å². The standard InChI is InChI=1S/C21H21N3O3S/c1-27-17-10-6-5-9-16(17)23-11-13-24(14-12-23)21-22-18(19(28-21)20(25)26)15-7-3-2-4-8-15/h2-10H,11-14H2,1H3,(H,25,26). The third kappa shape index (κ3) is 3.53. The van der Waals surface area contributed by atoms with E-state index in [0.29, 0.717) is 5.69 Å². The number of carbonyl (C=O) groups is 1. The van der Waals surface area contributed by atoms with Crippen molar-refractivity contribution in [2.24, 2.45) is 0 Å². The molecular weight excluding hydrogens is 374 g/mol. The lowest BCUT2D eigenvalue weighted by molar-refractivity contribution is 0.0702. The topological polar surface area (TPSA) is 65.9 Å². The third-order valence-corrected chi connectivity index (χ3v) is 5.94. The van der Waals surface area contributed by atoms with Crippen LogP contribution >= 0.6 is 11.3 Å². The average molecular weight is 395 g/mol. The van der Waals surface area contributed by atoms with E-state index in [1.807, 2.05) is 48.5 Å². The summed E-state index contributed by atoms with van der Waals surface area (Å²) < 4.78 is 5.47. The van der Waals surface area contributed by atoms with Crippen molar-refractivity contribution >= 4 is 28.1 Å². The number of rotatable bonds is 5. The molecule has 28 heavy (non-hydrogen) atoms. The lowest BCUT2D eigenvalue weighted by atomic mass is 10.1. The molecule has 0 saturated carbocycles. The summed E-state index contributed by atoms with van der Waals surface area (Å²) in [4.78, 5) is 21.1. The molecule has 1 aliphatic heterocycles. The van der Waals surface area contributed by atoms with Crippen LogP contribution in [0.2, 0.25) is 0 Å². The van der Waals surface area contributed by atoms with Gasteiger partial charge in [-0.15, -0.1) is 0 Å². The first-order valence-corrected chi connectivity index (χ1v) is 9.91. The van der Waals surface area contributed by atoms with Crippen molar-refractivity contribution in [3.05, 3.63) is 59.5 Å². The van der Waals surface area contributed by atoms with Gasteiger partial charge in [0.1, 0.15) is 10.6 Å². The van der Waals surface area contributed by atoms with Crippen LogP contribution in [0.1, 0.15) is 9.67 Å². The van der Waals surface area contributed by atoms with Gasteiger partial charge in [-0.1, -0.05) is 53.8 Å². The molecule has 1 N–H and O–H groups in total. The molecule has 144 valence electrons. The van der Waals surface area contributed by atoms with Gasteiger partial charge in [0.25, 0.3) is 0 Å². The summed E-state index contributed by atoms with van der Waals surface area (Å²) in [7, 11) is 1.68. The Morgan fingerprint density at radius 1 is 1.00 bits per heavy atom. The predicted molar refractivity (Wildman–Crippen MR) is 112 cm³/mol. The SMILES string of the molecule is COc1ccccc1N1CCN(c2nc(-c3ccccc3)c(C(=O)O)s2)CC1. The number of anilines is 2. The number of carboxylic acids is 1. The fourth-order valence-corrected chi connectivity index (χ4v) is 4.39. The molecule has 2 aromatic carbocycles. The molecule has 0 atom stereocenters. The van der Waals surface area contributed by atoms with Gasteiger partial charge in [-0.05, 0) is 12.1 Å². The Morgan fingerprint density at radius 3 is 2.32 bits per heavy atom. The Hall–Kier alpha value is -3.06. The number of hydrogen-bond acceptors (Lipinski definition) is 6. The van der Waals surface area contributed by atoms with E-state index in [2.05, 4.69) is 20.9 Å². The van der Waals surface area contributed by atoms with Gasteiger partial charge < -0.3 is 19.6 Å². The Labute approximate surface area is 167 Å². The van der Waals surface area contributed by atoms with Crippen LogP contribution in [0.4, 0.5) is 10.8 Å². The quantitative estimate of drug-likeness (QED) is 0.708. The van der Waals surface area contributed by atoms with Crippen molar-refractivity contribution in [2.75, 3.05) is 43.1 Å². The average Bonchev–Trinajstić information content (AvgIpc) is 3.20. The predicted octanol–water partition coefficient (Wildman–Crippen LogP) is 3.84. The first kappa shape index (κ1) is 18.3. The lowest BCUT2D eigenvalue weighted by Gasteiger charge is -2.36. The molecule has 1 saturated heterocycles. The number of carboxylic acid groups (broad SMARTS) is 1. The fraction of sp³-hybridized carbons (Fsp3) is 0.238. The highest BCUT2D eigenvalue weighted by Gasteiger charge is 2.25. The zero-order chi connectivity index (χ0) is 19.5. The molecular formula is C21H21N3O3S. The third-order valence-electron chi connectivity index (χ3n) is 4.83. The molecule has 0 aliphatic carbocycles. The summed E-state index contributed by atoms with van der Waals surface area (Å²) >= 11 is 1.25. The summed E-state index contributed by atoms with van der Waals surface area (Å²) in [6.07, 6.45) is 0. The lowest BCUT2D eigenvalue weighted by Crippen LogP contribution is -2.46. The van der Waals surface area contributed by atoms with E-state index in [9.17, 15) is 9.90 Å². The van der Waals surface area contributed by atoms with Crippen molar-refractivity contribution in [3.63, 3.8) is 0 Å². The monoisotopic (exact) mass is 395 g/mol. The van der Waals surface area contributed by atoms with Crippen LogP contribution in [0.15, 0.2) is 54.6 Å². The number of piperazine rings is 1. The Kier molecular flexibility index (Phi) is 5.16. The van der Waals surface area contributed by atoms with Crippen LogP contribution in [0.25, 0.3) is 11.3 Å². The molecule has 0 amide bonds. The minimum Gasteiger partial charge on any atom is -0.495 e. The second-order valence-corrected chi connectivity index (χ2v) is 7.47. The number of ether oxygens (including phenoxy) is 1. The molecule has 0 unspecified atom stereocenters. The largest absolute Gasteiger partial charge is 0.495 e. The van der Waals surface area contributed by atoms with Crippen molar-refractivity contribution in [1.82, 2.24) is 4.98 Å². The second-order valence-electron chi connectivity index (χ2n) is 6.49. The van der Waals surface area contributed by atoms with E-state index in [4.69, 9.17) is 4.74 Å². The molecule has 0 radical (unpaired) electrons. The first-order valence-electron chi connectivity index (χ1n) is 9.10. The van der Waals surface area contributed by atoms with Gasteiger partial charge in [0.05, 0.1) is 18.5 Å². The maximum Gasteiger partial charge on any atom is 0.348 e. The van der Waals surface area contributed by atoms with Crippen molar-refractivity contribution in [1.29, 1.82) is 0 Å². The molecule has 0 bridgehead atoms. The van der Waals surface area contributed by atoms with Crippen LogP contribution in [0.3, 0.4) is 0 Å². The molecule has 1 fully saturated rings. The fourth-order valence-electron chi connectivity index (χ4n) is 3.41. The number of aromatic carboxylic acids is 1. The van der Waals surface area contributed by atoms with E-state index < -0.39 is 5.97 Å². The van der Waals surface area contributed by atoms with Crippen LogP contribution in [0, 0.1) is 0 Å². The maximum atomic E-state index is 11.7. The molecule has 0 spiro atoms. The van der Waals surface area contributed by atoms with Crippen LogP contribution < -0.4 is 14.5 Å². The van der Waals surface area contributed by atoms with E-state index in [0.717, 1.165) is 48.3 Å². The van der Waals surface area contributed by atoms with Crippen molar-refractivity contribution in [3.8, 4) is 17.0 Å². The summed E-state index contributed by atoms with van der Waals surface area (Å²) in [5.41, 5.74) is 2.45. The summed E-state index contributed by atoms with van der Waals surface area (Å²) in [5, 5.41) is 10.4. The Balaban J connectivity index is 1.54. The number of benzene rings is 2. The van der Waals surface area contributed by atoms with Crippen molar-refractivity contribution < 1.29 is 14.6 Å². The highest BCUT2D eigenvalue weighted by atomic mass is 32.1. The van der Waals surface area contributed by atoms with Crippen molar-refractivity contribution in [2.45, 2.75) is 0 Å². The van der Waals surface area contributed by atoms with E-state index in [1.54, 1.807) is 7.11 Å². The normalized spacial score (nSPS) is 14.2. The zero-order valence-corrected chi connectivity index (χ0v) is 16.4. The Morgan fingerprint density at radius 2 is 1.64 bits per heavy atom. The summed E-state index contributed by atoms with van der Waals surface area (Å²) in [6.45, 7) is 3.20. The van der Waals surface area contributed by atoms with Gasteiger partial charge >= 0.3 is 5.97 Å². The number of thiazole rings is 1. The maximum absolute atomic E-state index is 11.7. The molecule has 1 aromatic heterocycles. The number of aromatic nitrogens is 1. The van der Waals surface area contributed by atoms with Gasteiger partial charge in [0.15, 0.2) is 5.13 Å². The zero-order valence-electron chi connectivity index (χ0n) is 15.5. The van der Waals surface area contributed by atoms with Crippen LogP contribution in [-0.2, 0) is 0 Å². The van der Waals surface area contributed by atoms with Gasteiger partial charge in [0, 0.05) is 31.7 Å². The summed E-state index contributed by atoms with van der Waals surface area (Å²) in [6, 6.07) is 17.5. The number of hydrogen-bond donors (Lipinski definition) is 1. The van der Waals surface area contributed by atoms with Gasteiger partial charge in [-0.2, -0.15) is 0 Å². The number of nitrogens with zero attached hydrogens (tertiary/aromatic N) is 3. The van der Waals surface area contributed by atoms with E-state index in [1.165, 1.54) is 11.3 Å². The minimum absolute atomic E-state index is 0.286. The van der Waals surface area contributed by atoms with E-state index in [-0.39, 0.29) is 4.88 Å². The molecule has 7 heteroatoms. The van der Waals surface area contributed by atoms with Gasteiger partial charge in [0.2, 0.25) is 0 Å². The Bertz CT molecular complexity index is 966. The molecule has 6 nitrogen and oxygen atoms in total. The summed E-state index contributed by atoms with van der Waals surface area (Å²) in [5.74, 6) is -0.0695. The smallest absolute Gasteiger partial charge is 0.348 e. The minimum atomic E-state index is -0.935. The van der Waals surface area contributed by atoms with Gasteiger partial charge in [-0.25, -0.2) is 9.78 Å². The molecule has 2 heterocycles. The molecule has 1 aliphatic rings. The number of methoxy groups -OCH3 is 1. The van der Waals surface area contributed by atoms with Crippen LogP contribution in [0.5, 0.6) is 5.75 Å².